The molecule has 0 unspecified atom stereocenters. The van der Waals surface area contributed by atoms with Crippen LogP contribution in [0.15, 0.2) is 85.1 Å². The molecule has 9 nitrogen and oxygen atoms in total. The normalized spacial score (nSPS) is 12.7. The van der Waals surface area contributed by atoms with Gasteiger partial charge in [0, 0.05) is 29.1 Å². The van der Waals surface area contributed by atoms with Crippen LogP contribution >= 0.6 is 0 Å². The van der Waals surface area contributed by atoms with Gasteiger partial charge in [0.25, 0.3) is 0 Å². The van der Waals surface area contributed by atoms with E-state index in [4.69, 9.17) is 14.2 Å². The number of halogens is 2. The minimum absolute atomic E-state index is 0.0479. The molecule has 1 atom stereocenters. The fourth-order valence-electron chi connectivity index (χ4n) is 6.05. The molecule has 4 aromatic carbocycles. The standard InChI is InChI=1S/C37H33F2N3O6/c1-5-37(45,21-46-3)34-30(24-11-13-25(14-12-24)35(43)47-4)31-29(41(34)27-15-16-28(38)22(2)17-27)18-26-19-40-42(33(26)32(31)39)36(44)48-20-23-9-7-6-8-10-23/h6-19,45H,5,20-21H2,1-4H3/t37-/m1/s1. The van der Waals surface area contributed by atoms with Crippen LogP contribution in [0.3, 0.4) is 0 Å². The van der Waals surface area contributed by atoms with Gasteiger partial charge >= 0.3 is 12.1 Å². The lowest BCUT2D eigenvalue weighted by atomic mass is 9.89. The molecule has 0 spiro atoms. The molecule has 6 aromatic rings. The number of hydrogen-bond acceptors (Lipinski definition) is 7. The molecule has 2 heterocycles. The van der Waals surface area contributed by atoms with E-state index in [-0.39, 0.29) is 47.4 Å². The Kier molecular flexibility index (Phi) is 8.83. The van der Waals surface area contributed by atoms with Crippen molar-refractivity contribution >= 4 is 33.9 Å². The van der Waals surface area contributed by atoms with Crippen molar-refractivity contribution in [3.63, 3.8) is 0 Å². The highest BCUT2D eigenvalue weighted by Crippen LogP contribution is 2.46. The molecule has 48 heavy (non-hydrogen) atoms. The summed E-state index contributed by atoms with van der Waals surface area (Å²) in [7, 11) is 2.72. The third kappa shape index (κ3) is 5.61. The lowest BCUT2D eigenvalue weighted by molar-refractivity contribution is -0.0422. The Morgan fingerprint density at radius 3 is 2.35 bits per heavy atom. The van der Waals surface area contributed by atoms with Crippen LogP contribution in [0.4, 0.5) is 13.6 Å². The number of esters is 1. The number of hydrogen-bond donors (Lipinski definition) is 1. The third-order valence-electron chi connectivity index (χ3n) is 8.51. The number of carbonyl (C=O) groups is 2. The second-order valence-corrected chi connectivity index (χ2v) is 11.5. The molecule has 0 aliphatic carbocycles. The zero-order valence-electron chi connectivity index (χ0n) is 26.8. The predicted octanol–water partition coefficient (Wildman–Crippen LogP) is 7.45. The molecule has 0 saturated carbocycles. The van der Waals surface area contributed by atoms with Crippen LogP contribution in [0.1, 0.15) is 40.5 Å². The number of aromatic nitrogens is 3. The number of fused-ring (bicyclic) bond motifs is 2. The number of carbonyl (C=O) groups excluding carboxylic acids is 2. The zero-order valence-corrected chi connectivity index (χ0v) is 26.8. The summed E-state index contributed by atoms with van der Waals surface area (Å²) in [6.07, 6.45) is 0.639. The third-order valence-corrected chi connectivity index (χ3v) is 8.51. The van der Waals surface area contributed by atoms with Gasteiger partial charge < -0.3 is 23.9 Å². The molecular weight excluding hydrogens is 620 g/mol. The van der Waals surface area contributed by atoms with Gasteiger partial charge in [0.15, 0.2) is 5.82 Å². The Morgan fingerprint density at radius 2 is 1.71 bits per heavy atom. The highest BCUT2D eigenvalue weighted by molar-refractivity contribution is 6.08. The second-order valence-electron chi connectivity index (χ2n) is 11.5. The van der Waals surface area contributed by atoms with Gasteiger partial charge in [0.2, 0.25) is 0 Å². The van der Waals surface area contributed by atoms with Crippen molar-refractivity contribution in [1.82, 2.24) is 14.3 Å². The molecule has 0 bridgehead atoms. The van der Waals surface area contributed by atoms with E-state index in [9.17, 15) is 19.1 Å². The average Bonchev–Trinajstić information content (AvgIpc) is 3.69. The molecule has 11 heteroatoms. The molecule has 0 radical (unpaired) electrons. The molecule has 1 N–H and O–H groups in total. The Bertz CT molecular complexity index is 2160. The Balaban J connectivity index is 1.68. The van der Waals surface area contributed by atoms with E-state index in [1.165, 1.54) is 26.5 Å². The summed E-state index contributed by atoms with van der Waals surface area (Å²) in [5.41, 5.74) is 1.36. The summed E-state index contributed by atoms with van der Waals surface area (Å²) in [5.74, 6) is -1.78. The molecule has 0 saturated heterocycles. The van der Waals surface area contributed by atoms with Gasteiger partial charge in [0.1, 0.15) is 23.5 Å². The number of methoxy groups -OCH3 is 2. The summed E-state index contributed by atoms with van der Waals surface area (Å²) in [6.45, 7) is 3.18. The summed E-state index contributed by atoms with van der Waals surface area (Å²) < 4.78 is 50.2. The number of aryl methyl sites for hydroxylation is 1. The van der Waals surface area contributed by atoms with Crippen LogP contribution < -0.4 is 0 Å². The summed E-state index contributed by atoms with van der Waals surface area (Å²) in [6, 6.07) is 21.5. The van der Waals surface area contributed by atoms with Gasteiger partial charge in [0.05, 0.1) is 36.7 Å². The lowest BCUT2D eigenvalue weighted by Gasteiger charge is -2.30. The quantitative estimate of drug-likeness (QED) is 0.162. The largest absolute Gasteiger partial charge is 0.465 e. The molecule has 0 aliphatic rings. The fourth-order valence-corrected chi connectivity index (χ4v) is 6.05. The van der Waals surface area contributed by atoms with Crippen LogP contribution in [0, 0.1) is 18.6 Å². The van der Waals surface area contributed by atoms with Crippen molar-refractivity contribution in [3.05, 3.63) is 119 Å². The second kappa shape index (κ2) is 13.0. The van der Waals surface area contributed by atoms with Crippen molar-refractivity contribution in [2.24, 2.45) is 0 Å². The van der Waals surface area contributed by atoms with Gasteiger partial charge in [-0.15, -0.1) is 0 Å². The van der Waals surface area contributed by atoms with Crippen LogP contribution in [-0.2, 0) is 26.4 Å². The van der Waals surface area contributed by atoms with Crippen molar-refractivity contribution in [2.45, 2.75) is 32.5 Å². The average molecular weight is 654 g/mol. The van der Waals surface area contributed by atoms with E-state index in [1.54, 1.807) is 73.0 Å². The van der Waals surface area contributed by atoms with Crippen LogP contribution in [0.25, 0.3) is 38.6 Å². The highest BCUT2D eigenvalue weighted by Gasteiger charge is 2.38. The first-order valence-corrected chi connectivity index (χ1v) is 15.2. The number of aliphatic hydroxyl groups is 1. The predicted molar refractivity (Wildman–Crippen MR) is 176 cm³/mol. The number of benzene rings is 4. The fraction of sp³-hybridized carbons (Fsp3) is 0.216. The Hall–Kier alpha value is -5.39. The van der Waals surface area contributed by atoms with Crippen molar-refractivity contribution in [3.8, 4) is 16.8 Å². The summed E-state index contributed by atoms with van der Waals surface area (Å²) in [4.78, 5) is 25.6. The summed E-state index contributed by atoms with van der Waals surface area (Å²) >= 11 is 0. The molecular formula is C37H33F2N3O6. The van der Waals surface area contributed by atoms with Gasteiger partial charge in [-0.05, 0) is 66.4 Å². The Morgan fingerprint density at radius 1 is 0.979 bits per heavy atom. The van der Waals surface area contributed by atoms with E-state index < -0.39 is 29.3 Å². The molecule has 2 aromatic heterocycles. The van der Waals surface area contributed by atoms with E-state index >= 15 is 4.39 Å². The maximum absolute atomic E-state index is 17.3. The van der Waals surface area contributed by atoms with E-state index in [1.807, 2.05) is 18.2 Å². The van der Waals surface area contributed by atoms with Gasteiger partial charge in [-0.3, -0.25) is 0 Å². The van der Waals surface area contributed by atoms with Crippen LogP contribution in [-0.4, -0.2) is 52.3 Å². The van der Waals surface area contributed by atoms with E-state index in [2.05, 4.69) is 5.10 Å². The van der Waals surface area contributed by atoms with E-state index in [0.717, 1.165) is 10.2 Å². The van der Waals surface area contributed by atoms with Gasteiger partial charge in [-0.2, -0.15) is 9.78 Å². The summed E-state index contributed by atoms with van der Waals surface area (Å²) in [5, 5.41) is 16.8. The first-order chi connectivity index (χ1) is 23.1. The molecule has 246 valence electrons. The molecule has 0 aliphatic heterocycles. The SMILES string of the molecule is CC[C@@](O)(COC)c1c(-c2ccc(C(=O)OC)cc2)c2c(F)c3c(cnn3C(=O)OCc3ccccc3)cc2n1-c1ccc(F)c(C)c1. The maximum Gasteiger partial charge on any atom is 0.435 e. The zero-order chi connectivity index (χ0) is 34.2. The van der Waals surface area contributed by atoms with Crippen molar-refractivity contribution < 1.29 is 37.7 Å². The minimum Gasteiger partial charge on any atom is -0.465 e. The maximum atomic E-state index is 17.3. The van der Waals surface area contributed by atoms with Crippen LogP contribution in [0.2, 0.25) is 0 Å². The van der Waals surface area contributed by atoms with Gasteiger partial charge in [-0.25, -0.2) is 18.4 Å². The lowest BCUT2D eigenvalue weighted by Crippen LogP contribution is -2.33. The topological polar surface area (TPSA) is 105 Å². The number of rotatable bonds is 9. The Labute approximate surface area is 274 Å². The first kappa shape index (κ1) is 32.5. The molecule has 6 rings (SSSR count). The highest BCUT2D eigenvalue weighted by atomic mass is 19.1. The van der Waals surface area contributed by atoms with Crippen molar-refractivity contribution in [1.29, 1.82) is 0 Å². The van der Waals surface area contributed by atoms with E-state index in [0.29, 0.717) is 27.7 Å². The smallest absolute Gasteiger partial charge is 0.435 e. The number of ether oxygens (including phenoxy) is 3. The molecule has 0 amide bonds. The molecule has 0 fully saturated rings. The van der Waals surface area contributed by atoms with Crippen molar-refractivity contribution in [2.75, 3.05) is 20.8 Å². The van der Waals surface area contributed by atoms with Gasteiger partial charge in [-0.1, -0.05) is 49.4 Å². The van der Waals surface area contributed by atoms with Crippen LogP contribution in [0.5, 0.6) is 0 Å². The monoisotopic (exact) mass is 653 g/mol. The number of nitrogens with zero attached hydrogens (tertiary/aromatic N) is 3. The minimum atomic E-state index is -1.67. The first-order valence-electron chi connectivity index (χ1n) is 15.2.